The lowest BCUT2D eigenvalue weighted by Gasteiger charge is -2.13. The van der Waals surface area contributed by atoms with Crippen LogP contribution < -0.4 is 15.7 Å². The molecule has 0 fully saturated rings. The van der Waals surface area contributed by atoms with Gasteiger partial charge in [0, 0.05) is 6.54 Å². The van der Waals surface area contributed by atoms with E-state index < -0.39 is 21.6 Å². The van der Waals surface area contributed by atoms with Crippen molar-refractivity contribution >= 4 is 49.6 Å². The highest BCUT2D eigenvalue weighted by molar-refractivity contribution is 7.92. The van der Waals surface area contributed by atoms with E-state index >= 15 is 0 Å². The van der Waals surface area contributed by atoms with E-state index in [0.717, 1.165) is 17.5 Å². The first-order valence-corrected chi connectivity index (χ1v) is 12.4. The number of nitrogens with one attached hydrogen (secondary N) is 4. The van der Waals surface area contributed by atoms with Gasteiger partial charge in [-0.15, -0.1) is 0 Å². The number of H-pyrrole nitrogens is 2. The molecule has 0 atom stereocenters. The molecule has 0 aliphatic heterocycles. The van der Waals surface area contributed by atoms with Gasteiger partial charge >= 0.3 is 5.69 Å². The van der Waals surface area contributed by atoms with Gasteiger partial charge in [0.1, 0.15) is 0 Å². The van der Waals surface area contributed by atoms with Crippen LogP contribution in [0.2, 0.25) is 0 Å². The Morgan fingerprint density at radius 2 is 1.74 bits per heavy atom. The third-order valence-electron chi connectivity index (χ3n) is 5.54. The smallest absolute Gasteiger partial charge is 0.310 e. The number of imidazole rings is 2. The summed E-state index contributed by atoms with van der Waals surface area (Å²) in [7, 11) is -4.05. The van der Waals surface area contributed by atoms with Crippen molar-refractivity contribution in [3.8, 4) is 0 Å². The van der Waals surface area contributed by atoms with Gasteiger partial charge in [0.05, 0.1) is 38.2 Å². The first-order valence-electron chi connectivity index (χ1n) is 11.0. The Kier molecular flexibility index (Phi) is 5.61. The number of nitrogens with zero attached hydrogens (tertiary/aromatic N) is 2. The topological polar surface area (TPSA) is 142 Å². The molecule has 0 radical (unpaired) electrons. The minimum absolute atomic E-state index is 0.0554. The molecule has 4 N–H and O–H groups in total. The number of rotatable bonds is 7. The van der Waals surface area contributed by atoms with Crippen LogP contribution in [0.1, 0.15) is 23.7 Å². The number of hydrogen-bond donors (Lipinski definition) is 4. The van der Waals surface area contributed by atoms with Crippen molar-refractivity contribution in [3.63, 3.8) is 0 Å². The van der Waals surface area contributed by atoms with Crippen LogP contribution in [0.5, 0.6) is 0 Å². The van der Waals surface area contributed by atoms with Crippen LogP contribution in [-0.4, -0.2) is 33.8 Å². The van der Waals surface area contributed by atoms with E-state index in [2.05, 4.69) is 25.0 Å². The quantitative estimate of drug-likeness (QED) is 0.275. The second-order valence-corrected chi connectivity index (χ2v) is 9.65. The highest BCUT2D eigenvalue weighted by atomic mass is 32.2. The van der Waals surface area contributed by atoms with Gasteiger partial charge in [-0.25, -0.2) is 18.2 Å². The first-order chi connectivity index (χ1) is 16.9. The summed E-state index contributed by atoms with van der Waals surface area (Å²) in [6, 6.07) is 18.2. The van der Waals surface area contributed by atoms with E-state index in [1.165, 1.54) is 30.3 Å². The molecule has 10 nitrogen and oxygen atoms in total. The Hall–Kier alpha value is -4.38. The number of hydrogen-bond acceptors (Lipinski definition) is 5. The SMILES string of the molecule is CCCn1c(NC(=O)c2ccccc2NS(=O)(=O)c2ccc3[nH]c(=O)[nH]c3c2)nc2ccccc21. The minimum atomic E-state index is -4.05. The molecule has 3 aromatic carbocycles. The maximum atomic E-state index is 13.2. The van der Waals surface area contributed by atoms with Crippen molar-refractivity contribution in [3.05, 3.63) is 82.8 Å². The molecule has 35 heavy (non-hydrogen) atoms. The summed E-state index contributed by atoms with van der Waals surface area (Å²) in [4.78, 5) is 34.3. The molecule has 2 aromatic heterocycles. The average molecular weight is 491 g/mol. The van der Waals surface area contributed by atoms with Crippen molar-refractivity contribution in [2.24, 2.45) is 0 Å². The lowest BCUT2D eigenvalue weighted by molar-refractivity contribution is 0.102. The number of benzene rings is 3. The Bertz CT molecular complexity index is 1730. The van der Waals surface area contributed by atoms with Gasteiger partial charge in [0.25, 0.3) is 15.9 Å². The number of para-hydroxylation sites is 3. The Morgan fingerprint density at radius 1 is 1.00 bits per heavy atom. The summed E-state index contributed by atoms with van der Waals surface area (Å²) in [5.41, 5.74) is 2.33. The summed E-state index contributed by atoms with van der Waals surface area (Å²) < 4.78 is 30.6. The highest BCUT2D eigenvalue weighted by Crippen LogP contribution is 2.24. The number of amides is 1. The molecule has 0 bridgehead atoms. The van der Waals surface area contributed by atoms with Crippen LogP contribution in [0.25, 0.3) is 22.1 Å². The number of carbonyl (C=O) groups excluding carboxylic acids is 1. The molecular formula is C24H22N6O4S. The van der Waals surface area contributed by atoms with Crippen molar-refractivity contribution in [2.45, 2.75) is 24.8 Å². The third kappa shape index (κ3) is 4.28. The van der Waals surface area contributed by atoms with Crippen molar-refractivity contribution in [1.29, 1.82) is 0 Å². The lowest BCUT2D eigenvalue weighted by atomic mass is 10.2. The number of fused-ring (bicyclic) bond motifs is 2. The van der Waals surface area contributed by atoms with Gasteiger partial charge in [-0.1, -0.05) is 31.2 Å². The van der Waals surface area contributed by atoms with Gasteiger partial charge in [0.2, 0.25) is 5.95 Å². The second kappa shape index (κ2) is 8.76. The van der Waals surface area contributed by atoms with E-state index in [1.807, 2.05) is 35.8 Å². The Balaban J connectivity index is 1.46. The van der Waals surface area contributed by atoms with E-state index in [9.17, 15) is 18.0 Å². The number of carbonyl (C=O) groups is 1. The fourth-order valence-electron chi connectivity index (χ4n) is 3.94. The third-order valence-corrected chi connectivity index (χ3v) is 6.90. The monoisotopic (exact) mass is 490 g/mol. The summed E-state index contributed by atoms with van der Waals surface area (Å²) >= 11 is 0. The van der Waals surface area contributed by atoms with Crippen LogP contribution in [-0.2, 0) is 16.6 Å². The predicted molar refractivity (Wildman–Crippen MR) is 134 cm³/mol. The van der Waals surface area contributed by atoms with Crippen LogP contribution in [0.4, 0.5) is 11.6 Å². The number of sulfonamides is 1. The van der Waals surface area contributed by atoms with Crippen molar-refractivity contribution in [2.75, 3.05) is 10.0 Å². The molecule has 0 saturated heterocycles. The number of aryl methyl sites for hydroxylation is 1. The number of aromatic amines is 2. The van der Waals surface area contributed by atoms with Crippen molar-refractivity contribution < 1.29 is 13.2 Å². The van der Waals surface area contributed by atoms with Gasteiger partial charge in [0.15, 0.2) is 0 Å². The predicted octanol–water partition coefficient (Wildman–Crippen LogP) is 3.67. The fraction of sp³-hybridized carbons (Fsp3) is 0.125. The van der Waals surface area contributed by atoms with Crippen LogP contribution in [0, 0.1) is 0 Å². The van der Waals surface area contributed by atoms with Crippen LogP contribution in [0.3, 0.4) is 0 Å². The standard InChI is InChI=1S/C24H22N6O4S/c1-2-13-30-21-10-6-5-9-19(21)25-23(30)28-22(31)16-7-3-4-8-17(16)29-35(33,34)15-11-12-18-20(14-15)27-24(32)26-18/h3-12,14,29H,2,13H2,1H3,(H,25,28,31)(H2,26,27,32). The van der Waals surface area contributed by atoms with E-state index in [1.54, 1.807) is 12.1 Å². The molecule has 178 valence electrons. The molecule has 5 aromatic rings. The van der Waals surface area contributed by atoms with Gasteiger partial charge in [-0.05, 0) is 48.9 Å². The number of aromatic nitrogens is 4. The van der Waals surface area contributed by atoms with E-state index in [4.69, 9.17) is 0 Å². The zero-order valence-electron chi connectivity index (χ0n) is 18.7. The highest BCUT2D eigenvalue weighted by Gasteiger charge is 2.21. The van der Waals surface area contributed by atoms with Crippen LogP contribution in [0.15, 0.2) is 76.4 Å². The zero-order chi connectivity index (χ0) is 24.6. The maximum absolute atomic E-state index is 13.2. The van der Waals surface area contributed by atoms with E-state index in [0.29, 0.717) is 23.5 Å². The summed E-state index contributed by atoms with van der Waals surface area (Å²) in [6.07, 6.45) is 0.844. The summed E-state index contributed by atoms with van der Waals surface area (Å²) in [5, 5.41) is 2.83. The number of anilines is 2. The molecule has 11 heteroatoms. The molecule has 2 heterocycles. The molecular weight excluding hydrogens is 468 g/mol. The Morgan fingerprint density at radius 3 is 2.57 bits per heavy atom. The maximum Gasteiger partial charge on any atom is 0.323 e. The zero-order valence-corrected chi connectivity index (χ0v) is 19.5. The lowest BCUT2D eigenvalue weighted by Crippen LogP contribution is -2.20. The summed E-state index contributed by atoms with van der Waals surface area (Å²) in [5.74, 6) is -0.112. The molecule has 0 unspecified atom stereocenters. The average Bonchev–Trinajstić information content (AvgIpc) is 3.38. The van der Waals surface area contributed by atoms with Crippen molar-refractivity contribution in [1.82, 2.24) is 19.5 Å². The van der Waals surface area contributed by atoms with Gasteiger partial charge in [-0.2, -0.15) is 0 Å². The molecule has 0 aliphatic carbocycles. The summed E-state index contributed by atoms with van der Waals surface area (Å²) in [6.45, 7) is 2.69. The molecule has 0 saturated carbocycles. The fourth-order valence-corrected chi connectivity index (χ4v) is 5.05. The van der Waals surface area contributed by atoms with Gasteiger partial charge in [-0.3, -0.25) is 14.8 Å². The Labute approximate surface area is 200 Å². The van der Waals surface area contributed by atoms with Crippen LogP contribution >= 0.6 is 0 Å². The normalized spacial score (nSPS) is 11.7. The van der Waals surface area contributed by atoms with E-state index in [-0.39, 0.29) is 16.1 Å². The molecule has 1 amide bonds. The minimum Gasteiger partial charge on any atom is -0.310 e. The molecule has 0 spiro atoms. The first kappa shape index (κ1) is 22.4. The molecule has 0 aliphatic rings. The largest absolute Gasteiger partial charge is 0.323 e. The second-order valence-electron chi connectivity index (χ2n) is 7.97. The van der Waals surface area contributed by atoms with Gasteiger partial charge < -0.3 is 14.5 Å². The molecule has 5 rings (SSSR count).